The van der Waals surface area contributed by atoms with Crippen LogP contribution in [0.3, 0.4) is 0 Å². The molecule has 2 aromatic rings. The van der Waals surface area contributed by atoms with Crippen molar-refractivity contribution < 1.29 is 22.4 Å². The van der Waals surface area contributed by atoms with Gasteiger partial charge in [-0.3, -0.25) is 4.79 Å². The molecule has 1 amide bonds. The number of hydrogen-bond acceptors (Lipinski definition) is 5. The third kappa shape index (κ3) is 3.77. The Morgan fingerprint density at radius 1 is 1.04 bits per heavy atom. The summed E-state index contributed by atoms with van der Waals surface area (Å²) in [5, 5.41) is 0. The van der Waals surface area contributed by atoms with Crippen LogP contribution in [0.1, 0.15) is 10.6 Å². The number of hydrogen-bond donors (Lipinski definition) is 0. The van der Waals surface area contributed by atoms with Crippen molar-refractivity contribution in [3.8, 4) is 11.7 Å². The fourth-order valence-electron chi connectivity index (χ4n) is 2.47. The van der Waals surface area contributed by atoms with E-state index in [-0.39, 0.29) is 17.6 Å². The molecule has 0 aliphatic carbocycles. The highest BCUT2D eigenvalue weighted by atomic mass is 32.2. The summed E-state index contributed by atoms with van der Waals surface area (Å²) in [4.78, 5) is 14.0. The maximum absolute atomic E-state index is 12.4. The zero-order valence-electron chi connectivity index (χ0n) is 13.2. The molecule has 128 valence electrons. The molecule has 0 saturated carbocycles. The lowest BCUT2D eigenvalue weighted by molar-refractivity contribution is 0.0661. The Labute approximate surface area is 140 Å². The van der Waals surface area contributed by atoms with Gasteiger partial charge in [0.15, 0.2) is 5.76 Å². The van der Waals surface area contributed by atoms with Crippen LogP contribution in [0.4, 0.5) is 0 Å². The standard InChI is InChI=1S/C16H18N2O5S/c1-24(20,21)18-11-9-17(10-12-18)16(19)14-7-8-15(23-14)22-13-5-3-2-4-6-13/h2-8H,9-12H2,1H3. The number of piperazine rings is 1. The summed E-state index contributed by atoms with van der Waals surface area (Å²) in [6, 6.07) is 12.3. The number of carbonyl (C=O) groups excluding carboxylic acids is 1. The molecule has 1 aromatic carbocycles. The highest BCUT2D eigenvalue weighted by molar-refractivity contribution is 7.88. The van der Waals surface area contributed by atoms with Crippen LogP contribution in [-0.2, 0) is 10.0 Å². The van der Waals surface area contributed by atoms with E-state index in [1.54, 1.807) is 29.2 Å². The molecule has 1 fully saturated rings. The first-order chi connectivity index (χ1) is 11.4. The highest BCUT2D eigenvalue weighted by Gasteiger charge is 2.28. The van der Waals surface area contributed by atoms with E-state index in [0.29, 0.717) is 31.9 Å². The van der Waals surface area contributed by atoms with E-state index in [2.05, 4.69) is 0 Å². The normalized spacial score (nSPS) is 16.1. The smallest absolute Gasteiger partial charge is 0.290 e. The Kier molecular flexibility index (Phi) is 4.59. The number of para-hydroxylation sites is 1. The Hall–Kier alpha value is -2.32. The van der Waals surface area contributed by atoms with Gasteiger partial charge < -0.3 is 14.1 Å². The number of nitrogens with zero attached hydrogens (tertiary/aromatic N) is 2. The lowest BCUT2D eigenvalue weighted by Crippen LogP contribution is -2.50. The summed E-state index contributed by atoms with van der Waals surface area (Å²) in [7, 11) is -3.22. The second-order valence-electron chi connectivity index (χ2n) is 5.49. The molecule has 0 radical (unpaired) electrons. The minimum absolute atomic E-state index is 0.175. The molecule has 0 bridgehead atoms. The van der Waals surface area contributed by atoms with Crippen molar-refractivity contribution in [2.45, 2.75) is 0 Å². The summed E-state index contributed by atoms with van der Waals surface area (Å²) < 4.78 is 35.3. The molecule has 3 rings (SSSR count). The van der Waals surface area contributed by atoms with Crippen LogP contribution >= 0.6 is 0 Å². The van der Waals surface area contributed by atoms with Gasteiger partial charge in [0.2, 0.25) is 10.0 Å². The maximum Gasteiger partial charge on any atom is 0.290 e. The van der Waals surface area contributed by atoms with Gasteiger partial charge in [0, 0.05) is 32.2 Å². The molecule has 1 aromatic heterocycles. The first kappa shape index (κ1) is 16.5. The van der Waals surface area contributed by atoms with Crippen molar-refractivity contribution in [1.29, 1.82) is 0 Å². The van der Waals surface area contributed by atoms with Crippen LogP contribution in [0, 0.1) is 0 Å². The zero-order chi connectivity index (χ0) is 17.2. The van der Waals surface area contributed by atoms with Gasteiger partial charge >= 0.3 is 0 Å². The van der Waals surface area contributed by atoms with E-state index < -0.39 is 10.0 Å². The molecule has 0 atom stereocenters. The average molecular weight is 350 g/mol. The number of ether oxygens (including phenoxy) is 1. The van der Waals surface area contributed by atoms with Gasteiger partial charge in [-0.15, -0.1) is 0 Å². The number of amides is 1. The third-order valence-electron chi connectivity index (χ3n) is 3.75. The lowest BCUT2D eigenvalue weighted by Gasteiger charge is -2.32. The Balaban J connectivity index is 1.62. The quantitative estimate of drug-likeness (QED) is 0.840. The summed E-state index contributed by atoms with van der Waals surface area (Å²) >= 11 is 0. The summed E-state index contributed by atoms with van der Waals surface area (Å²) in [6.07, 6.45) is 1.17. The fraction of sp³-hybridized carbons (Fsp3) is 0.312. The van der Waals surface area contributed by atoms with Gasteiger partial charge in [0.05, 0.1) is 6.26 Å². The van der Waals surface area contributed by atoms with Crippen molar-refractivity contribution in [2.75, 3.05) is 32.4 Å². The summed E-state index contributed by atoms with van der Waals surface area (Å²) in [5.41, 5.74) is 0. The van der Waals surface area contributed by atoms with Crippen LogP contribution in [0.25, 0.3) is 0 Å². The summed E-state index contributed by atoms with van der Waals surface area (Å²) in [6.45, 7) is 1.25. The van der Waals surface area contributed by atoms with E-state index >= 15 is 0 Å². The van der Waals surface area contributed by atoms with E-state index in [0.717, 1.165) is 0 Å². The number of rotatable bonds is 4. The van der Waals surface area contributed by atoms with Crippen molar-refractivity contribution in [3.63, 3.8) is 0 Å². The number of carbonyl (C=O) groups is 1. The van der Waals surface area contributed by atoms with Gasteiger partial charge in [-0.05, 0) is 18.2 Å². The first-order valence-electron chi connectivity index (χ1n) is 7.50. The monoisotopic (exact) mass is 350 g/mol. The predicted molar refractivity (Wildman–Crippen MR) is 87.5 cm³/mol. The van der Waals surface area contributed by atoms with Crippen LogP contribution in [0.5, 0.6) is 11.7 Å². The molecule has 1 saturated heterocycles. The summed E-state index contributed by atoms with van der Waals surface area (Å²) in [5.74, 6) is 0.756. The van der Waals surface area contributed by atoms with Crippen molar-refractivity contribution in [1.82, 2.24) is 9.21 Å². The zero-order valence-corrected chi connectivity index (χ0v) is 14.0. The molecule has 1 aliphatic heterocycles. The topological polar surface area (TPSA) is 80.1 Å². The van der Waals surface area contributed by atoms with E-state index in [1.807, 2.05) is 18.2 Å². The van der Waals surface area contributed by atoms with Crippen molar-refractivity contribution in [2.24, 2.45) is 0 Å². The molecular weight excluding hydrogens is 332 g/mol. The number of benzene rings is 1. The predicted octanol–water partition coefficient (Wildman–Crippen LogP) is 1.79. The van der Waals surface area contributed by atoms with Crippen LogP contribution in [-0.4, -0.2) is 56.0 Å². The minimum Gasteiger partial charge on any atom is -0.426 e. The number of sulfonamides is 1. The molecule has 2 heterocycles. The van der Waals surface area contributed by atoms with Gasteiger partial charge in [-0.2, -0.15) is 4.31 Å². The number of furan rings is 1. The van der Waals surface area contributed by atoms with Gasteiger partial charge in [-0.1, -0.05) is 18.2 Å². The van der Waals surface area contributed by atoms with E-state index in [9.17, 15) is 13.2 Å². The minimum atomic E-state index is -3.22. The molecule has 24 heavy (non-hydrogen) atoms. The van der Waals surface area contributed by atoms with Crippen LogP contribution in [0.15, 0.2) is 46.9 Å². The van der Waals surface area contributed by atoms with Gasteiger partial charge in [-0.25, -0.2) is 8.42 Å². The highest BCUT2D eigenvalue weighted by Crippen LogP contribution is 2.24. The maximum atomic E-state index is 12.4. The van der Waals surface area contributed by atoms with Crippen LogP contribution in [0.2, 0.25) is 0 Å². The Morgan fingerprint density at radius 3 is 2.33 bits per heavy atom. The molecule has 0 unspecified atom stereocenters. The lowest BCUT2D eigenvalue weighted by atomic mass is 10.3. The molecular formula is C16H18N2O5S. The average Bonchev–Trinajstić information content (AvgIpc) is 3.03. The Morgan fingerprint density at radius 2 is 1.71 bits per heavy atom. The van der Waals surface area contributed by atoms with Gasteiger partial charge in [0.25, 0.3) is 11.9 Å². The Bertz CT molecular complexity index is 808. The molecule has 1 aliphatic rings. The molecule has 7 nitrogen and oxygen atoms in total. The molecule has 0 spiro atoms. The van der Waals surface area contributed by atoms with E-state index in [4.69, 9.17) is 9.15 Å². The first-order valence-corrected chi connectivity index (χ1v) is 9.35. The van der Waals surface area contributed by atoms with Gasteiger partial charge in [0.1, 0.15) is 5.75 Å². The molecule has 0 N–H and O–H groups in total. The second kappa shape index (κ2) is 6.66. The molecule has 8 heteroatoms. The largest absolute Gasteiger partial charge is 0.426 e. The second-order valence-corrected chi connectivity index (χ2v) is 7.47. The van der Waals surface area contributed by atoms with Crippen molar-refractivity contribution in [3.05, 3.63) is 48.2 Å². The SMILES string of the molecule is CS(=O)(=O)N1CCN(C(=O)c2ccc(Oc3ccccc3)o2)CC1. The van der Waals surface area contributed by atoms with E-state index in [1.165, 1.54) is 10.6 Å². The van der Waals surface area contributed by atoms with Crippen molar-refractivity contribution >= 4 is 15.9 Å². The van der Waals surface area contributed by atoms with Crippen LogP contribution < -0.4 is 4.74 Å². The fourth-order valence-corrected chi connectivity index (χ4v) is 3.30. The third-order valence-corrected chi connectivity index (χ3v) is 5.05.